The van der Waals surface area contributed by atoms with Crippen molar-refractivity contribution >= 4 is 65.7 Å². The quantitative estimate of drug-likeness (QED) is 0.114. The van der Waals surface area contributed by atoms with E-state index in [0.717, 1.165) is 76.2 Å². The van der Waals surface area contributed by atoms with Crippen molar-refractivity contribution < 1.29 is 129 Å². The van der Waals surface area contributed by atoms with Crippen LogP contribution in [0.15, 0.2) is 0 Å². The molecule has 0 saturated carbocycles. The van der Waals surface area contributed by atoms with Gasteiger partial charge in [-0.2, -0.15) is 0 Å². The van der Waals surface area contributed by atoms with Crippen LogP contribution in [0.1, 0.15) is 76.2 Å². The molecule has 0 amide bonds. The van der Waals surface area contributed by atoms with Gasteiger partial charge in [-0.1, -0.05) is 0 Å². The van der Waals surface area contributed by atoms with Crippen LogP contribution in [-0.4, -0.2) is 178 Å². The van der Waals surface area contributed by atoms with E-state index in [1.807, 2.05) is 0 Å². The molecule has 67 heavy (non-hydrogen) atoms. The van der Waals surface area contributed by atoms with E-state index in [2.05, 4.69) is 0 Å². The average molecular weight is 967 g/mol. The Bertz CT molecular complexity index is 1850. The Morgan fingerprint density at radius 1 is 0.284 bits per heavy atom. The van der Waals surface area contributed by atoms with E-state index in [9.17, 15) is 52.7 Å². The molecule has 3 fully saturated rings. The molecule has 0 spiro atoms. The summed E-state index contributed by atoms with van der Waals surface area (Å²) < 4.78 is 90.1. The van der Waals surface area contributed by atoms with Crippen LogP contribution in [0.2, 0.25) is 0 Å². The number of hydrogen-bond acceptors (Lipinski definition) is 27. The van der Waals surface area contributed by atoms with Crippen LogP contribution in [0, 0.1) is 0 Å². The molecule has 3 rings (SSSR count). The third-order valence-corrected chi connectivity index (χ3v) is 9.09. The second-order valence-electron chi connectivity index (χ2n) is 14.9. The highest BCUT2D eigenvalue weighted by Crippen LogP contribution is 2.37. The van der Waals surface area contributed by atoms with Crippen LogP contribution in [0.3, 0.4) is 0 Å². The number of hydrogen-bond donors (Lipinski definition) is 0. The molecule has 0 aliphatic carbocycles. The normalized spacial score (nSPS) is 31.2. The van der Waals surface area contributed by atoms with E-state index in [1.165, 1.54) is 0 Å². The minimum absolute atomic E-state index is 0.696. The molecule has 0 aromatic heterocycles. The number of carbonyl (C=O) groups is 11. The van der Waals surface area contributed by atoms with Gasteiger partial charge in [-0.15, -0.1) is 0 Å². The SMILES string of the molecule is CC(=O)OC[C@H]1O[C@@H](O[C@@H]2[C@@H](OC(C)=O)[C@H](OC[C@H]3O[C@@H](OC(C)=O)[C@H](OC(C)=O)[C@@H](OC(C)=O)[C@@H]3OC(C)=O)O[C@H](COC(C)=O)[C@H]2OC(C)=O)[C@H](OC(C)=O)[C@@H](OC(C)=O)[C@@H]1OC(C)=O. The first-order chi connectivity index (χ1) is 31.3. The summed E-state index contributed by atoms with van der Waals surface area (Å²) in [6.45, 7) is 8.54. The monoisotopic (exact) mass is 966 g/mol. The van der Waals surface area contributed by atoms with E-state index < -0.39 is 178 Å². The summed E-state index contributed by atoms with van der Waals surface area (Å²) in [4.78, 5) is 137. The van der Waals surface area contributed by atoms with Crippen LogP contribution < -0.4 is 0 Å². The second-order valence-corrected chi connectivity index (χ2v) is 14.9. The van der Waals surface area contributed by atoms with Gasteiger partial charge in [0.25, 0.3) is 0 Å². The lowest BCUT2D eigenvalue weighted by molar-refractivity contribution is -0.366. The van der Waals surface area contributed by atoms with Gasteiger partial charge in [0.15, 0.2) is 55.3 Å². The van der Waals surface area contributed by atoms with E-state index >= 15 is 0 Å². The first-order valence-corrected chi connectivity index (χ1v) is 20.3. The summed E-state index contributed by atoms with van der Waals surface area (Å²) in [6.07, 6.45) is -26.7. The predicted octanol–water partition coefficient (Wildman–Crippen LogP) is -1.29. The molecule has 3 aliphatic rings. The molecule has 3 saturated heterocycles. The largest absolute Gasteiger partial charge is 0.463 e. The molecule has 0 aromatic rings. The molecule has 27 nitrogen and oxygen atoms in total. The number of rotatable bonds is 18. The molecule has 0 radical (unpaired) electrons. The first kappa shape index (κ1) is 55.3. The second kappa shape index (κ2) is 25.2. The highest BCUT2D eigenvalue weighted by atomic mass is 16.8. The molecular formula is C40H54O27. The van der Waals surface area contributed by atoms with Crippen molar-refractivity contribution in [1.82, 2.24) is 0 Å². The molecule has 0 unspecified atom stereocenters. The van der Waals surface area contributed by atoms with Gasteiger partial charge < -0.3 is 75.8 Å². The van der Waals surface area contributed by atoms with Gasteiger partial charge in [0, 0.05) is 76.2 Å². The Morgan fingerprint density at radius 3 is 0.910 bits per heavy atom. The van der Waals surface area contributed by atoms with Gasteiger partial charge >= 0.3 is 65.7 Å². The molecule has 0 aromatic carbocycles. The first-order valence-electron chi connectivity index (χ1n) is 20.3. The van der Waals surface area contributed by atoms with Crippen molar-refractivity contribution in [3.8, 4) is 0 Å². The van der Waals surface area contributed by atoms with Gasteiger partial charge in [0.2, 0.25) is 12.4 Å². The maximum absolute atomic E-state index is 12.9. The lowest BCUT2D eigenvalue weighted by atomic mass is 9.95. The molecule has 376 valence electrons. The number of carbonyl (C=O) groups excluding carboxylic acids is 11. The lowest BCUT2D eigenvalue weighted by Crippen LogP contribution is -2.67. The van der Waals surface area contributed by atoms with Crippen LogP contribution in [0.25, 0.3) is 0 Å². The zero-order chi connectivity index (χ0) is 50.4. The molecule has 15 atom stereocenters. The summed E-state index contributed by atoms with van der Waals surface area (Å²) >= 11 is 0. The van der Waals surface area contributed by atoms with Crippen molar-refractivity contribution in [3.05, 3.63) is 0 Å². The smallest absolute Gasteiger partial charge is 0.305 e. The highest BCUT2D eigenvalue weighted by molar-refractivity contribution is 5.71. The maximum Gasteiger partial charge on any atom is 0.305 e. The van der Waals surface area contributed by atoms with Crippen molar-refractivity contribution in [2.45, 2.75) is 168 Å². The zero-order valence-corrected chi connectivity index (χ0v) is 38.3. The third-order valence-electron chi connectivity index (χ3n) is 9.09. The third kappa shape index (κ3) is 17.0. The van der Waals surface area contributed by atoms with E-state index in [4.69, 9.17) is 75.8 Å². The fraction of sp³-hybridized carbons (Fsp3) is 0.725. The molecular weight excluding hydrogens is 912 g/mol. The average Bonchev–Trinajstić information content (AvgIpc) is 3.17. The Labute approximate surface area is 382 Å². The maximum atomic E-state index is 12.9. The summed E-state index contributed by atoms with van der Waals surface area (Å²) in [7, 11) is 0. The Hall–Kier alpha value is -6.03. The number of esters is 11. The van der Waals surface area contributed by atoms with E-state index in [-0.39, 0.29) is 0 Å². The molecule has 27 heteroatoms. The summed E-state index contributed by atoms with van der Waals surface area (Å²) in [5, 5.41) is 0. The predicted molar refractivity (Wildman–Crippen MR) is 206 cm³/mol. The minimum atomic E-state index is -2.02. The van der Waals surface area contributed by atoms with Gasteiger partial charge in [0.1, 0.15) is 37.6 Å². The topological polar surface area (TPSA) is 335 Å². The van der Waals surface area contributed by atoms with E-state index in [0.29, 0.717) is 0 Å². The fourth-order valence-corrected chi connectivity index (χ4v) is 7.04. The van der Waals surface area contributed by atoms with Crippen molar-refractivity contribution in [2.75, 3.05) is 19.8 Å². The van der Waals surface area contributed by atoms with Gasteiger partial charge in [-0.25, -0.2) is 0 Å². The van der Waals surface area contributed by atoms with Crippen molar-refractivity contribution in [1.29, 1.82) is 0 Å². The van der Waals surface area contributed by atoms with Crippen LogP contribution >= 0.6 is 0 Å². The highest BCUT2D eigenvalue weighted by Gasteiger charge is 2.59. The lowest BCUT2D eigenvalue weighted by Gasteiger charge is -2.49. The summed E-state index contributed by atoms with van der Waals surface area (Å²) in [6, 6.07) is 0. The molecule has 0 bridgehead atoms. The van der Waals surface area contributed by atoms with Crippen molar-refractivity contribution in [2.24, 2.45) is 0 Å². The Morgan fingerprint density at radius 2 is 0.552 bits per heavy atom. The fourth-order valence-electron chi connectivity index (χ4n) is 7.04. The minimum Gasteiger partial charge on any atom is -0.463 e. The van der Waals surface area contributed by atoms with Gasteiger partial charge in [-0.05, 0) is 0 Å². The van der Waals surface area contributed by atoms with Crippen LogP contribution in [0.4, 0.5) is 0 Å². The molecule has 3 aliphatic heterocycles. The molecule has 3 heterocycles. The van der Waals surface area contributed by atoms with Crippen LogP contribution in [0.5, 0.6) is 0 Å². The van der Waals surface area contributed by atoms with Crippen molar-refractivity contribution in [3.63, 3.8) is 0 Å². The van der Waals surface area contributed by atoms with Gasteiger partial charge in [-0.3, -0.25) is 52.7 Å². The summed E-state index contributed by atoms with van der Waals surface area (Å²) in [5.74, 6) is -10.6. The Kier molecular flexibility index (Phi) is 20.8. The van der Waals surface area contributed by atoms with Crippen LogP contribution in [-0.2, 0) is 129 Å². The summed E-state index contributed by atoms with van der Waals surface area (Å²) in [5.41, 5.74) is 0. The van der Waals surface area contributed by atoms with Gasteiger partial charge in [0.05, 0.1) is 6.61 Å². The molecule has 0 N–H and O–H groups in total. The van der Waals surface area contributed by atoms with E-state index in [1.54, 1.807) is 0 Å². The standard InChI is InChI=1S/C40H54O27/c1-15(41)52-12-26-31(57-19(5)45)34(67-40-37(62-24(10)50)33(59-21(7)47)29(55-17(3)43)27(66-40)13-53-16(2)42)35(60-22(8)48)38(64-26)54-14-28-30(56-18(4)44)32(58-20(6)46)36(61-23(9)49)39(65-28)63-25(11)51/h26-40H,12-14H2,1-11H3/t26-,27-,28-,29-,30-,31-,32+,33+,34+,35-,36-,37-,38-,39-,40+/m1/s1. The number of ether oxygens (including phenoxy) is 16. The Balaban J connectivity index is 2.26. The zero-order valence-electron chi connectivity index (χ0n) is 38.3.